The van der Waals surface area contributed by atoms with E-state index in [2.05, 4.69) is 33.0 Å². The highest BCUT2D eigenvalue weighted by Crippen LogP contribution is 2.27. The van der Waals surface area contributed by atoms with Crippen LogP contribution in [-0.2, 0) is 11.3 Å². The molecule has 1 saturated carbocycles. The Morgan fingerprint density at radius 2 is 1.68 bits per heavy atom. The minimum Gasteiger partial charge on any atom is -0.353 e. The number of hydrogen-bond donors (Lipinski definition) is 2. The molecule has 7 nitrogen and oxygen atoms in total. The first-order valence-electron chi connectivity index (χ1n) is 13.2. The fraction of sp³-hybridized carbons (Fsp3) is 0.267. The number of amides is 2. The second-order valence-corrected chi connectivity index (χ2v) is 11.5. The summed E-state index contributed by atoms with van der Waals surface area (Å²) in [7, 11) is 0. The molecule has 1 aliphatic carbocycles. The minimum atomic E-state index is -0.327. The quantitative estimate of drug-likeness (QED) is 0.202. The number of carbonyl (C=O) groups is 2. The topological polar surface area (TPSA) is 88.9 Å². The molecule has 0 bridgehead atoms. The van der Waals surface area contributed by atoms with Crippen molar-refractivity contribution >= 4 is 52.5 Å². The van der Waals surface area contributed by atoms with Gasteiger partial charge in [-0.1, -0.05) is 84.6 Å². The van der Waals surface area contributed by atoms with E-state index in [0.29, 0.717) is 33.8 Å². The highest BCUT2D eigenvalue weighted by atomic mass is 35.5. The molecular weight excluding hydrogens is 565 g/mol. The van der Waals surface area contributed by atoms with E-state index in [-0.39, 0.29) is 28.6 Å². The van der Waals surface area contributed by atoms with Crippen LogP contribution in [0.5, 0.6) is 0 Å². The third kappa shape index (κ3) is 7.24. The van der Waals surface area contributed by atoms with Gasteiger partial charge in [0, 0.05) is 22.3 Å². The maximum Gasteiger partial charge on any atom is 0.257 e. The summed E-state index contributed by atoms with van der Waals surface area (Å²) in [5.74, 6) is 0.653. The van der Waals surface area contributed by atoms with E-state index in [9.17, 15) is 9.59 Å². The first-order valence-corrected chi connectivity index (χ1v) is 15.0. The van der Waals surface area contributed by atoms with Crippen molar-refractivity contribution in [3.63, 3.8) is 0 Å². The molecule has 0 aliphatic heterocycles. The molecule has 206 valence electrons. The third-order valence-electron chi connectivity index (χ3n) is 6.78. The van der Waals surface area contributed by atoms with E-state index in [0.717, 1.165) is 24.0 Å². The van der Waals surface area contributed by atoms with Crippen molar-refractivity contribution in [3.05, 3.63) is 94.0 Å². The normalized spacial score (nSPS) is 13.7. The molecule has 1 fully saturated rings. The average molecular weight is 595 g/mol. The van der Waals surface area contributed by atoms with E-state index < -0.39 is 0 Å². The lowest BCUT2D eigenvalue weighted by molar-refractivity contribution is -0.119. The molecule has 40 heavy (non-hydrogen) atoms. The number of carbonyl (C=O) groups excluding carboxylic acids is 2. The summed E-state index contributed by atoms with van der Waals surface area (Å²) < 4.78 is 2.02. The molecular formula is C30H29Cl2N5O2S. The van der Waals surface area contributed by atoms with Crippen molar-refractivity contribution in [2.45, 2.75) is 49.8 Å². The van der Waals surface area contributed by atoms with Crippen LogP contribution >= 0.6 is 35.0 Å². The Labute approximate surface area is 247 Å². The third-order valence-corrected chi connectivity index (χ3v) is 8.29. The first-order chi connectivity index (χ1) is 19.5. The van der Waals surface area contributed by atoms with E-state index >= 15 is 0 Å². The fourth-order valence-corrected chi connectivity index (χ4v) is 5.98. The maximum atomic E-state index is 12.7. The predicted molar refractivity (Wildman–Crippen MR) is 161 cm³/mol. The summed E-state index contributed by atoms with van der Waals surface area (Å²) in [6.45, 7) is 0.559. The Morgan fingerprint density at radius 3 is 2.40 bits per heavy atom. The zero-order chi connectivity index (χ0) is 27.9. The molecule has 0 atom stereocenters. The van der Waals surface area contributed by atoms with E-state index in [1.165, 1.54) is 37.1 Å². The Bertz CT molecular complexity index is 1470. The lowest BCUT2D eigenvalue weighted by Crippen LogP contribution is -2.37. The molecule has 2 amide bonds. The van der Waals surface area contributed by atoms with Gasteiger partial charge >= 0.3 is 0 Å². The summed E-state index contributed by atoms with van der Waals surface area (Å²) in [6, 6.07) is 22.5. The van der Waals surface area contributed by atoms with Crippen LogP contribution in [0.4, 0.5) is 5.69 Å². The molecule has 3 aromatic carbocycles. The molecule has 0 spiro atoms. The van der Waals surface area contributed by atoms with Crippen molar-refractivity contribution in [2.24, 2.45) is 0 Å². The lowest BCUT2D eigenvalue weighted by Gasteiger charge is -2.22. The number of halogens is 2. The minimum absolute atomic E-state index is 0.0218. The van der Waals surface area contributed by atoms with Gasteiger partial charge in [0.15, 0.2) is 11.0 Å². The van der Waals surface area contributed by atoms with Gasteiger partial charge in [0.2, 0.25) is 5.91 Å². The van der Waals surface area contributed by atoms with Crippen LogP contribution in [-0.4, -0.2) is 38.4 Å². The van der Waals surface area contributed by atoms with Crippen LogP contribution < -0.4 is 10.6 Å². The second kappa shape index (κ2) is 13.4. The smallest absolute Gasteiger partial charge is 0.257 e. The van der Waals surface area contributed by atoms with Gasteiger partial charge < -0.3 is 10.6 Å². The van der Waals surface area contributed by atoms with Crippen molar-refractivity contribution in [1.82, 2.24) is 20.1 Å². The van der Waals surface area contributed by atoms with Crippen LogP contribution in [0.2, 0.25) is 10.0 Å². The Morgan fingerprint density at radius 1 is 0.925 bits per heavy atom. The molecule has 1 aliphatic rings. The number of aromatic nitrogens is 3. The number of rotatable bonds is 9. The van der Waals surface area contributed by atoms with Crippen LogP contribution in [0.1, 0.15) is 48.0 Å². The standard InChI is InChI=1S/C30H29Cl2N5O2S/c31-22-13-16-25(26(32)17-22)29(39)34-24-14-11-21(12-15-24)28-35-36-30(37(28)18-20-7-3-1-4-8-20)40-19-27(38)33-23-9-5-2-6-10-23/h1,3-4,7-8,11-17,23H,2,5-6,9-10,18-19H2,(H,33,38)(H,34,39). The molecule has 0 radical (unpaired) electrons. The van der Waals surface area contributed by atoms with Gasteiger partial charge in [-0.2, -0.15) is 0 Å². The van der Waals surface area contributed by atoms with Gasteiger partial charge in [-0.15, -0.1) is 10.2 Å². The molecule has 1 heterocycles. The molecule has 10 heteroatoms. The maximum absolute atomic E-state index is 12.7. The van der Waals surface area contributed by atoms with Crippen molar-refractivity contribution in [3.8, 4) is 11.4 Å². The van der Waals surface area contributed by atoms with Crippen molar-refractivity contribution in [2.75, 3.05) is 11.1 Å². The average Bonchev–Trinajstić information content (AvgIpc) is 3.35. The molecule has 1 aromatic heterocycles. The van der Waals surface area contributed by atoms with Crippen molar-refractivity contribution in [1.29, 1.82) is 0 Å². The van der Waals surface area contributed by atoms with Gasteiger partial charge in [0.25, 0.3) is 5.91 Å². The highest BCUT2D eigenvalue weighted by molar-refractivity contribution is 7.99. The monoisotopic (exact) mass is 593 g/mol. The van der Waals surface area contributed by atoms with Crippen LogP contribution in [0.25, 0.3) is 11.4 Å². The summed E-state index contributed by atoms with van der Waals surface area (Å²) >= 11 is 13.5. The van der Waals surface area contributed by atoms with Gasteiger partial charge in [-0.3, -0.25) is 14.2 Å². The number of anilines is 1. The summed E-state index contributed by atoms with van der Waals surface area (Å²) in [4.78, 5) is 25.4. The summed E-state index contributed by atoms with van der Waals surface area (Å²) in [6.07, 6.45) is 5.69. The number of nitrogens with zero attached hydrogens (tertiary/aromatic N) is 3. The van der Waals surface area contributed by atoms with Gasteiger partial charge in [0.1, 0.15) is 0 Å². The summed E-state index contributed by atoms with van der Waals surface area (Å²) in [5.41, 5.74) is 2.89. The largest absolute Gasteiger partial charge is 0.353 e. The highest BCUT2D eigenvalue weighted by Gasteiger charge is 2.19. The van der Waals surface area contributed by atoms with Crippen LogP contribution in [0.15, 0.2) is 78.0 Å². The van der Waals surface area contributed by atoms with E-state index in [1.54, 1.807) is 12.1 Å². The molecule has 0 unspecified atom stereocenters. The molecule has 2 N–H and O–H groups in total. The zero-order valence-electron chi connectivity index (χ0n) is 21.8. The van der Waals surface area contributed by atoms with Gasteiger partial charge in [-0.25, -0.2) is 0 Å². The predicted octanol–water partition coefficient (Wildman–Crippen LogP) is 7.09. The van der Waals surface area contributed by atoms with Gasteiger partial charge in [0.05, 0.1) is 22.9 Å². The zero-order valence-corrected chi connectivity index (χ0v) is 24.1. The summed E-state index contributed by atoms with van der Waals surface area (Å²) in [5, 5.41) is 16.4. The molecule has 0 saturated heterocycles. The van der Waals surface area contributed by atoms with Crippen LogP contribution in [0.3, 0.4) is 0 Å². The van der Waals surface area contributed by atoms with E-state index in [1.807, 2.05) is 47.0 Å². The molecule has 4 aromatic rings. The fourth-order valence-electron chi connectivity index (χ4n) is 4.74. The Kier molecular flexibility index (Phi) is 9.41. The molecule has 5 rings (SSSR count). The van der Waals surface area contributed by atoms with Crippen LogP contribution in [0, 0.1) is 0 Å². The second-order valence-electron chi connectivity index (χ2n) is 9.72. The Balaban J connectivity index is 1.32. The van der Waals surface area contributed by atoms with Gasteiger partial charge in [-0.05, 0) is 60.9 Å². The number of thioether (sulfide) groups is 1. The first kappa shape index (κ1) is 28.2. The van der Waals surface area contributed by atoms with Crippen molar-refractivity contribution < 1.29 is 9.59 Å². The SMILES string of the molecule is O=C(CSc1nnc(-c2ccc(NC(=O)c3ccc(Cl)cc3Cl)cc2)n1Cc1ccccc1)NC1CCCCC1. The Hall–Kier alpha value is -3.33. The number of hydrogen-bond acceptors (Lipinski definition) is 5. The van der Waals surface area contributed by atoms with E-state index in [4.69, 9.17) is 23.2 Å². The number of benzene rings is 3. The number of nitrogens with one attached hydrogen (secondary N) is 2. The lowest BCUT2D eigenvalue weighted by atomic mass is 9.95.